The standard InChI is InChI=1S/C20H21N3O3S/c1-13-9-10-15(3)19(11-13)27(25,26)22-20(24)17-12-21-23(16(17)4)18-8-6-5-7-14(18)2/h5-12H,1-4H3,(H,22,24). The minimum Gasteiger partial charge on any atom is -0.268 e. The Hall–Kier alpha value is -2.93. The molecule has 0 aliphatic rings. The summed E-state index contributed by atoms with van der Waals surface area (Å²) in [6.07, 6.45) is 1.38. The van der Waals surface area contributed by atoms with Gasteiger partial charge in [0.05, 0.1) is 28.0 Å². The fourth-order valence-corrected chi connectivity index (χ4v) is 4.20. The first kappa shape index (κ1) is 18.8. The molecule has 7 heteroatoms. The fraction of sp³-hybridized carbons (Fsp3) is 0.200. The van der Waals surface area contributed by atoms with Crippen LogP contribution in [-0.2, 0) is 10.0 Å². The Labute approximate surface area is 158 Å². The number of amides is 1. The highest BCUT2D eigenvalue weighted by molar-refractivity contribution is 7.90. The Morgan fingerprint density at radius 2 is 1.70 bits per heavy atom. The number of nitrogens with zero attached hydrogens (tertiary/aromatic N) is 2. The van der Waals surface area contributed by atoms with Crippen molar-refractivity contribution in [3.8, 4) is 5.69 Å². The quantitative estimate of drug-likeness (QED) is 0.750. The minimum absolute atomic E-state index is 0.0970. The van der Waals surface area contributed by atoms with Crippen LogP contribution in [-0.4, -0.2) is 24.1 Å². The maximum Gasteiger partial charge on any atom is 0.268 e. The number of nitrogens with one attached hydrogen (secondary N) is 1. The van der Waals surface area contributed by atoms with E-state index in [1.165, 1.54) is 6.20 Å². The van der Waals surface area contributed by atoms with Crippen LogP contribution in [0, 0.1) is 27.7 Å². The number of sulfonamides is 1. The van der Waals surface area contributed by atoms with Crippen LogP contribution in [0.1, 0.15) is 32.7 Å². The van der Waals surface area contributed by atoms with E-state index < -0.39 is 15.9 Å². The van der Waals surface area contributed by atoms with Gasteiger partial charge in [-0.15, -0.1) is 0 Å². The van der Waals surface area contributed by atoms with Crippen molar-refractivity contribution >= 4 is 15.9 Å². The minimum atomic E-state index is -3.98. The monoisotopic (exact) mass is 383 g/mol. The molecule has 0 fully saturated rings. The molecule has 0 spiro atoms. The largest absolute Gasteiger partial charge is 0.268 e. The van der Waals surface area contributed by atoms with Crippen LogP contribution in [0.5, 0.6) is 0 Å². The van der Waals surface area contributed by atoms with Crippen LogP contribution >= 0.6 is 0 Å². The number of para-hydroxylation sites is 1. The lowest BCUT2D eigenvalue weighted by atomic mass is 10.2. The number of aromatic nitrogens is 2. The lowest BCUT2D eigenvalue weighted by molar-refractivity contribution is 0.0981. The van der Waals surface area contributed by atoms with Crippen molar-refractivity contribution in [2.24, 2.45) is 0 Å². The smallest absolute Gasteiger partial charge is 0.268 e. The van der Waals surface area contributed by atoms with Gasteiger partial charge < -0.3 is 0 Å². The summed E-state index contributed by atoms with van der Waals surface area (Å²) in [6.45, 7) is 7.18. The van der Waals surface area contributed by atoms with Gasteiger partial charge in [0.25, 0.3) is 15.9 Å². The molecule has 0 radical (unpaired) electrons. The highest BCUT2D eigenvalue weighted by atomic mass is 32.2. The van der Waals surface area contributed by atoms with Crippen molar-refractivity contribution in [3.05, 3.63) is 76.6 Å². The molecular formula is C20H21N3O3S. The third kappa shape index (κ3) is 3.64. The van der Waals surface area contributed by atoms with Crippen molar-refractivity contribution in [1.29, 1.82) is 0 Å². The first-order valence-electron chi connectivity index (χ1n) is 8.46. The Morgan fingerprint density at radius 1 is 1.00 bits per heavy atom. The van der Waals surface area contributed by atoms with Crippen molar-refractivity contribution in [2.75, 3.05) is 0 Å². The second-order valence-electron chi connectivity index (χ2n) is 6.55. The first-order chi connectivity index (χ1) is 12.7. The molecule has 2 aromatic carbocycles. The summed E-state index contributed by atoms with van der Waals surface area (Å²) in [5.74, 6) is -0.701. The van der Waals surface area contributed by atoms with Gasteiger partial charge >= 0.3 is 0 Å². The predicted molar refractivity (Wildman–Crippen MR) is 104 cm³/mol. The number of hydrogen-bond donors (Lipinski definition) is 1. The molecule has 0 atom stereocenters. The van der Waals surface area contributed by atoms with E-state index in [0.717, 1.165) is 16.8 Å². The predicted octanol–water partition coefficient (Wildman–Crippen LogP) is 3.22. The molecule has 27 heavy (non-hydrogen) atoms. The van der Waals surface area contributed by atoms with E-state index in [-0.39, 0.29) is 10.5 Å². The van der Waals surface area contributed by atoms with Gasteiger partial charge in [0.1, 0.15) is 0 Å². The summed E-state index contributed by atoms with van der Waals surface area (Å²) in [5, 5.41) is 4.26. The van der Waals surface area contributed by atoms with Gasteiger partial charge in [0.2, 0.25) is 0 Å². The van der Waals surface area contributed by atoms with Crippen LogP contribution in [0.3, 0.4) is 0 Å². The normalized spacial score (nSPS) is 11.4. The second kappa shape index (κ2) is 7.00. The summed E-state index contributed by atoms with van der Waals surface area (Å²) in [7, 11) is -3.98. The van der Waals surface area contributed by atoms with Crippen LogP contribution in [0.4, 0.5) is 0 Å². The van der Waals surface area contributed by atoms with E-state index >= 15 is 0 Å². The van der Waals surface area contributed by atoms with Gasteiger partial charge in [-0.1, -0.05) is 30.3 Å². The van der Waals surface area contributed by atoms with Gasteiger partial charge in [0, 0.05) is 0 Å². The molecule has 1 heterocycles. The molecule has 140 valence electrons. The van der Waals surface area contributed by atoms with Gasteiger partial charge in [-0.05, 0) is 56.5 Å². The number of benzene rings is 2. The number of carbonyl (C=O) groups is 1. The molecule has 0 saturated heterocycles. The molecule has 6 nitrogen and oxygen atoms in total. The first-order valence-corrected chi connectivity index (χ1v) is 9.94. The van der Waals surface area contributed by atoms with Gasteiger partial charge in [0.15, 0.2) is 0 Å². The molecule has 3 rings (SSSR count). The topological polar surface area (TPSA) is 81.1 Å². The summed E-state index contributed by atoms with van der Waals surface area (Å²) in [6, 6.07) is 12.7. The zero-order chi connectivity index (χ0) is 19.8. The molecule has 0 unspecified atom stereocenters. The molecule has 3 aromatic rings. The number of hydrogen-bond acceptors (Lipinski definition) is 4. The molecule has 1 aromatic heterocycles. The fourth-order valence-electron chi connectivity index (χ4n) is 2.91. The number of carbonyl (C=O) groups excluding carboxylic acids is 1. The third-order valence-electron chi connectivity index (χ3n) is 4.46. The summed E-state index contributed by atoms with van der Waals surface area (Å²) >= 11 is 0. The zero-order valence-electron chi connectivity index (χ0n) is 15.6. The van der Waals surface area contributed by atoms with E-state index in [4.69, 9.17) is 0 Å². The SMILES string of the molecule is Cc1ccc(C)c(S(=O)(=O)NC(=O)c2cnn(-c3ccccc3C)c2C)c1. The van der Waals surface area contributed by atoms with E-state index in [1.807, 2.05) is 37.3 Å². The average molecular weight is 383 g/mol. The van der Waals surface area contributed by atoms with Crippen molar-refractivity contribution in [3.63, 3.8) is 0 Å². The van der Waals surface area contributed by atoms with Gasteiger partial charge in [-0.2, -0.15) is 5.10 Å². The molecule has 0 saturated carbocycles. The van der Waals surface area contributed by atoms with Crippen LogP contribution < -0.4 is 4.72 Å². The molecule has 0 aliphatic carbocycles. The second-order valence-corrected chi connectivity index (χ2v) is 8.20. The van der Waals surface area contributed by atoms with Crippen LogP contribution in [0.25, 0.3) is 5.69 Å². The van der Waals surface area contributed by atoms with Gasteiger partial charge in [-0.25, -0.2) is 17.8 Å². The van der Waals surface area contributed by atoms with Crippen molar-refractivity contribution in [1.82, 2.24) is 14.5 Å². The van der Waals surface area contributed by atoms with E-state index in [9.17, 15) is 13.2 Å². The molecular weight excluding hydrogens is 362 g/mol. The lowest BCUT2D eigenvalue weighted by Gasteiger charge is -2.11. The van der Waals surface area contributed by atoms with E-state index in [1.54, 1.807) is 37.6 Å². The Bertz CT molecular complexity index is 1130. The Balaban J connectivity index is 1.94. The molecule has 1 amide bonds. The van der Waals surface area contributed by atoms with Crippen LogP contribution in [0.15, 0.2) is 53.6 Å². The van der Waals surface area contributed by atoms with Gasteiger partial charge in [-0.3, -0.25) is 4.79 Å². The van der Waals surface area contributed by atoms with Crippen molar-refractivity contribution in [2.45, 2.75) is 32.6 Å². The van der Waals surface area contributed by atoms with E-state index in [0.29, 0.717) is 11.3 Å². The highest BCUT2D eigenvalue weighted by Gasteiger charge is 2.23. The summed E-state index contributed by atoms with van der Waals surface area (Å²) in [4.78, 5) is 12.7. The van der Waals surface area contributed by atoms with Crippen LogP contribution in [0.2, 0.25) is 0 Å². The zero-order valence-corrected chi connectivity index (χ0v) is 16.5. The Kier molecular flexibility index (Phi) is 4.89. The van der Waals surface area contributed by atoms with Crippen molar-refractivity contribution < 1.29 is 13.2 Å². The summed E-state index contributed by atoms with van der Waals surface area (Å²) < 4.78 is 29.1. The molecule has 0 aliphatic heterocycles. The number of aryl methyl sites for hydroxylation is 3. The molecule has 1 N–H and O–H groups in total. The highest BCUT2D eigenvalue weighted by Crippen LogP contribution is 2.20. The maximum atomic E-state index is 12.7. The molecule has 0 bridgehead atoms. The average Bonchev–Trinajstić information content (AvgIpc) is 2.98. The lowest BCUT2D eigenvalue weighted by Crippen LogP contribution is -2.31. The summed E-state index contributed by atoms with van der Waals surface area (Å²) in [5.41, 5.74) is 4.00. The third-order valence-corrected chi connectivity index (χ3v) is 5.93. The Morgan fingerprint density at radius 3 is 2.41 bits per heavy atom. The maximum absolute atomic E-state index is 12.7. The van der Waals surface area contributed by atoms with E-state index in [2.05, 4.69) is 9.82 Å². The number of rotatable bonds is 4.